The number of hydrogen-bond acceptors (Lipinski definition) is 2. The number of benzene rings is 1. The van der Waals surface area contributed by atoms with Gasteiger partial charge in [-0.1, -0.05) is 12.1 Å². The van der Waals surface area contributed by atoms with Gasteiger partial charge in [0.25, 0.3) is 0 Å². The van der Waals surface area contributed by atoms with Gasteiger partial charge in [0, 0.05) is 24.5 Å². The number of rotatable bonds is 4. The molecule has 0 spiro atoms. The lowest BCUT2D eigenvalue weighted by Crippen LogP contribution is -2.24. The maximum Gasteiger partial charge on any atom is 0.332 e. The molecule has 4 nitrogen and oxygen atoms in total. The van der Waals surface area contributed by atoms with E-state index in [0.29, 0.717) is 0 Å². The van der Waals surface area contributed by atoms with E-state index in [4.69, 9.17) is 5.73 Å². The van der Waals surface area contributed by atoms with Crippen LogP contribution < -0.4 is 11.4 Å². The summed E-state index contributed by atoms with van der Waals surface area (Å²) in [6.07, 6.45) is 4.45. The molecule has 0 radical (unpaired) electrons. The maximum absolute atomic E-state index is 12.2. The third-order valence-electron chi connectivity index (χ3n) is 3.11. The minimum absolute atomic E-state index is 0.00653. The van der Waals surface area contributed by atoms with E-state index in [1.807, 2.05) is 57.4 Å². The summed E-state index contributed by atoms with van der Waals surface area (Å²) in [7, 11) is 0. The molecule has 102 valence electrons. The molecular formula is C15H21N3O. The Morgan fingerprint density at radius 2 is 1.95 bits per heavy atom. The van der Waals surface area contributed by atoms with Crippen LogP contribution in [0.2, 0.25) is 0 Å². The van der Waals surface area contributed by atoms with Crippen molar-refractivity contribution >= 4 is 0 Å². The summed E-state index contributed by atoms with van der Waals surface area (Å²) in [5.41, 5.74) is 7.85. The molecule has 0 bridgehead atoms. The molecule has 1 unspecified atom stereocenters. The highest BCUT2D eigenvalue weighted by molar-refractivity contribution is 5.36. The quantitative estimate of drug-likeness (QED) is 0.914. The van der Waals surface area contributed by atoms with Crippen LogP contribution in [-0.4, -0.2) is 15.2 Å². The summed E-state index contributed by atoms with van der Waals surface area (Å²) >= 11 is 0. The van der Waals surface area contributed by atoms with Gasteiger partial charge in [-0.05, 0) is 44.9 Å². The van der Waals surface area contributed by atoms with E-state index in [1.165, 1.54) is 0 Å². The van der Waals surface area contributed by atoms with Gasteiger partial charge in [0.2, 0.25) is 0 Å². The van der Waals surface area contributed by atoms with Crippen molar-refractivity contribution in [3.05, 3.63) is 52.7 Å². The van der Waals surface area contributed by atoms with Crippen molar-refractivity contribution in [2.45, 2.75) is 39.3 Å². The van der Waals surface area contributed by atoms with Crippen LogP contribution in [0.1, 0.15) is 32.4 Å². The van der Waals surface area contributed by atoms with Crippen molar-refractivity contribution < 1.29 is 0 Å². The van der Waals surface area contributed by atoms with Crippen LogP contribution in [0.4, 0.5) is 0 Å². The monoisotopic (exact) mass is 259 g/mol. The lowest BCUT2D eigenvalue weighted by Gasteiger charge is -2.08. The minimum atomic E-state index is -0.00653. The van der Waals surface area contributed by atoms with Crippen molar-refractivity contribution in [2.75, 3.05) is 0 Å². The number of hydrogen-bond donors (Lipinski definition) is 1. The van der Waals surface area contributed by atoms with Gasteiger partial charge in [-0.15, -0.1) is 0 Å². The van der Waals surface area contributed by atoms with Crippen molar-refractivity contribution in [2.24, 2.45) is 5.73 Å². The summed E-state index contributed by atoms with van der Waals surface area (Å²) in [5.74, 6) is 0. The Kier molecular flexibility index (Phi) is 3.90. The lowest BCUT2D eigenvalue weighted by atomic mass is 10.1. The molecule has 0 amide bonds. The smallest absolute Gasteiger partial charge is 0.328 e. The molecule has 19 heavy (non-hydrogen) atoms. The van der Waals surface area contributed by atoms with Crippen LogP contribution in [0.5, 0.6) is 0 Å². The topological polar surface area (TPSA) is 52.9 Å². The first-order valence-corrected chi connectivity index (χ1v) is 6.63. The number of aromatic nitrogens is 2. The Balaban J connectivity index is 2.39. The average Bonchev–Trinajstić information content (AvgIpc) is 2.70. The molecule has 0 aliphatic heterocycles. The Morgan fingerprint density at radius 1 is 1.21 bits per heavy atom. The highest BCUT2D eigenvalue weighted by atomic mass is 16.1. The SMILES string of the molecule is CC(N)Cc1cccc(-n2ccn(C(C)C)c2=O)c1. The van der Waals surface area contributed by atoms with E-state index in [9.17, 15) is 4.79 Å². The first-order valence-electron chi connectivity index (χ1n) is 6.63. The average molecular weight is 259 g/mol. The maximum atomic E-state index is 12.2. The summed E-state index contributed by atoms with van der Waals surface area (Å²) < 4.78 is 3.39. The molecule has 2 N–H and O–H groups in total. The molecule has 2 rings (SSSR count). The third kappa shape index (κ3) is 2.96. The summed E-state index contributed by atoms with van der Waals surface area (Å²) in [6.45, 7) is 5.98. The zero-order valence-electron chi connectivity index (χ0n) is 11.7. The summed E-state index contributed by atoms with van der Waals surface area (Å²) in [6, 6.07) is 8.25. The van der Waals surface area contributed by atoms with Gasteiger partial charge in [0.1, 0.15) is 0 Å². The fourth-order valence-electron chi connectivity index (χ4n) is 2.19. The van der Waals surface area contributed by atoms with E-state index in [0.717, 1.165) is 17.7 Å². The Bertz CT molecular complexity index is 608. The third-order valence-corrected chi connectivity index (χ3v) is 3.11. The van der Waals surface area contributed by atoms with E-state index >= 15 is 0 Å². The minimum Gasteiger partial charge on any atom is -0.328 e. The second kappa shape index (κ2) is 5.45. The second-order valence-electron chi connectivity index (χ2n) is 5.30. The van der Waals surface area contributed by atoms with Crippen LogP contribution in [-0.2, 0) is 6.42 Å². The van der Waals surface area contributed by atoms with Crippen LogP contribution in [0.25, 0.3) is 5.69 Å². The normalized spacial score (nSPS) is 12.9. The van der Waals surface area contributed by atoms with E-state index in [-0.39, 0.29) is 17.8 Å². The van der Waals surface area contributed by atoms with Crippen molar-refractivity contribution in [1.29, 1.82) is 0 Å². The molecule has 2 aromatic rings. The van der Waals surface area contributed by atoms with Gasteiger partial charge in [0.15, 0.2) is 0 Å². The van der Waals surface area contributed by atoms with Gasteiger partial charge in [-0.2, -0.15) is 0 Å². The Morgan fingerprint density at radius 3 is 2.53 bits per heavy atom. The van der Waals surface area contributed by atoms with Crippen molar-refractivity contribution in [3.63, 3.8) is 0 Å². The van der Waals surface area contributed by atoms with E-state index in [2.05, 4.69) is 0 Å². The molecule has 0 aliphatic rings. The Hall–Kier alpha value is -1.81. The fourth-order valence-corrected chi connectivity index (χ4v) is 2.19. The summed E-state index contributed by atoms with van der Waals surface area (Å²) in [5, 5.41) is 0. The van der Waals surface area contributed by atoms with Gasteiger partial charge in [0.05, 0.1) is 5.69 Å². The van der Waals surface area contributed by atoms with Crippen LogP contribution in [0.3, 0.4) is 0 Å². The highest BCUT2D eigenvalue weighted by Crippen LogP contribution is 2.11. The second-order valence-corrected chi connectivity index (χ2v) is 5.30. The lowest BCUT2D eigenvalue weighted by molar-refractivity contribution is 0.574. The van der Waals surface area contributed by atoms with E-state index in [1.54, 1.807) is 9.13 Å². The number of imidazole rings is 1. The zero-order valence-corrected chi connectivity index (χ0v) is 11.7. The molecule has 0 saturated heterocycles. The largest absolute Gasteiger partial charge is 0.332 e. The molecule has 0 fully saturated rings. The van der Waals surface area contributed by atoms with Gasteiger partial charge in [-0.3, -0.25) is 9.13 Å². The summed E-state index contributed by atoms with van der Waals surface area (Å²) in [4.78, 5) is 12.2. The first-order chi connectivity index (χ1) is 8.99. The molecule has 1 aromatic heterocycles. The van der Waals surface area contributed by atoms with Gasteiger partial charge in [-0.25, -0.2) is 4.79 Å². The highest BCUT2D eigenvalue weighted by Gasteiger charge is 2.08. The Labute approximate surface area is 113 Å². The molecule has 0 aliphatic carbocycles. The zero-order chi connectivity index (χ0) is 14.0. The van der Waals surface area contributed by atoms with Crippen molar-refractivity contribution in [1.82, 2.24) is 9.13 Å². The van der Waals surface area contributed by atoms with Crippen LogP contribution in [0.15, 0.2) is 41.5 Å². The van der Waals surface area contributed by atoms with Crippen LogP contribution >= 0.6 is 0 Å². The molecule has 1 atom stereocenters. The molecule has 0 saturated carbocycles. The van der Waals surface area contributed by atoms with Gasteiger partial charge >= 0.3 is 5.69 Å². The van der Waals surface area contributed by atoms with E-state index < -0.39 is 0 Å². The predicted molar refractivity (Wildman–Crippen MR) is 77.8 cm³/mol. The fraction of sp³-hybridized carbons (Fsp3) is 0.400. The van der Waals surface area contributed by atoms with Gasteiger partial charge < -0.3 is 5.73 Å². The van der Waals surface area contributed by atoms with Crippen molar-refractivity contribution in [3.8, 4) is 5.69 Å². The standard InChI is InChI=1S/C15H21N3O/c1-11(2)17-7-8-18(15(17)19)14-6-4-5-13(10-14)9-12(3)16/h4-8,10-12H,9,16H2,1-3H3. The number of nitrogens with two attached hydrogens (primary N) is 1. The molecule has 1 aromatic carbocycles. The molecular weight excluding hydrogens is 238 g/mol. The van der Waals surface area contributed by atoms with Crippen LogP contribution in [0, 0.1) is 0 Å². The first kappa shape index (κ1) is 13.6. The molecule has 1 heterocycles. The predicted octanol–water partition coefficient (Wildman–Crippen LogP) is 2.11. The number of nitrogens with zero attached hydrogens (tertiary/aromatic N) is 2. The molecule has 4 heteroatoms.